The lowest BCUT2D eigenvalue weighted by Gasteiger charge is -2.05. The average molecular weight is 307 g/mol. The van der Waals surface area contributed by atoms with Gasteiger partial charge in [-0.15, -0.1) is 0 Å². The van der Waals surface area contributed by atoms with E-state index in [1.54, 1.807) is 17.8 Å². The number of nitrogens with one attached hydrogen (secondary N) is 1. The molecule has 0 aliphatic rings. The fourth-order valence-corrected chi connectivity index (χ4v) is 2.73. The topological polar surface area (TPSA) is 76.9 Å². The Hall–Kier alpha value is -1.31. The summed E-state index contributed by atoms with van der Waals surface area (Å²) in [4.78, 5) is 7.47. The predicted octanol–water partition coefficient (Wildman–Crippen LogP) is 1.92. The average Bonchev–Trinajstić information content (AvgIpc) is 2.62. The van der Waals surface area contributed by atoms with E-state index in [-0.39, 0.29) is 21.2 Å². The molecule has 0 atom stereocenters. The van der Waals surface area contributed by atoms with E-state index in [1.165, 1.54) is 18.3 Å². The van der Waals surface area contributed by atoms with Crippen LogP contribution in [-0.4, -0.2) is 23.0 Å². The highest BCUT2D eigenvalue weighted by atomic mass is 35.5. The molecule has 0 aromatic carbocycles. The molecule has 0 aliphatic carbocycles. The van der Waals surface area contributed by atoms with Gasteiger partial charge in [0.2, 0.25) is 5.28 Å². The molecule has 2 rings (SSSR count). The van der Waals surface area contributed by atoms with E-state index in [1.807, 2.05) is 0 Å². The van der Waals surface area contributed by atoms with Gasteiger partial charge >= 0.3 is 0 Å². The predicted molar refractivity (Wildman–Crippen MR) is 68.3 cm³/mol. The van der Waals surface area contributed by atoms with Crippen LogP contribution in [0.15, 0.2) is 29.4 Å². The van der Waals surface area contributed by atoms with Crippen molar-refractivity contribution in [2.45, 2.75) is 4.90 Å². The molecule has 0 saturated carbocycles. The Morgan fingerprint density at radius 2 is 2.06 bits per heavy atom. The molecule has 18 heavy (non-hydrogen) atoms. The Morgan fingerprint density at radius 3 is 2.61 bits per heavy atom. The quantitative estimate of drug-likeness (QED) is 0.694. The van der Waals surface area contributed by atoms with Gasteiger partial charge in [0.05, 0.1) is 0 Å². The van der Waals surface area contributed by atoms with Gasteiger partial charge in [-0.25, -0.2) is 13.4 Å². The largest absolute Gasteiger partial charge is 0.356 e. The van der Waals surface area contributed by atoms with Crippen molar-refractivity contribution in [2.24, 2.45) is 7.05 Å². The number of sulfonamides is 1. The van der Waals surface area contributed by atoms with Crippen molar-refractivity contribution >= 4 is 39.0 Å². The lowest BCUT2D eigenvalue weighted by Crippen LogP contribution is -2.13. The number of nitrogens with zero attached hydrogens (tertiary/aromatic N) is 3. The van der Waals surface area contributed by atoms with Crippen LogP contribution in [-0.2, 0) is 17.1 Å². The zero-order valence-electron chi connectivity index (χ0n) is 9.13. The molecule has 0 aliphatic heterocycles. The summed E-state index contributed by atoms with van der Waals surface area (Å²) in [7, 11) is -1.98. The summed E-state index contributed by atoms with van der Waals surface area (Å²) in [5.74, 6) is 0.0175. The summed E-state index contributed by atoms with van der Waals surface area (Å²) in [6.07, 6.45) is 3.08. The Labute approximate surface area is 114 Å². The van der Waals surface area contributed by atoms with Crippen molar-refractivity contribution in [3.63, 3.8) is 0 Å². The van der Waals surface area contributed by atoms with Crippen LogP contribution in [0.25, 0.3) is 0 Å². The number of hydrogen-bond donors (Lipinski definition) is 1. The molecule has 2 aromatic rings. The molecule has 96 valence electrons. The van der Waals surface area contributed by atoms with Crippen LogP contribution in [0.4, 0.5) is 5.82 Å². The Balaban J connectivity index is 2.33. The SMILES string of the molecule is Cn1ccc(S(=O)(=O)Nc2cc(Cl)nc(Cl)n2)c1. The van der Waals surface area contributed by atoms with E-state index in [0.717, 1.165) is 0 Å². The normalized spacial score (nSPS) is 11.5. The first-order chi connectivity index (χ1) is 8.37. The molecular formula is C9H8Cl2N4O2S. The molecule has 2 heterocycles. The fraction of sp³-hybridized carbons (Fsp3) is 0.111. The van der Waals surface area contributed by atoms with Crippen LogP contribution < -0.4 is 4.72 Å². The Morgan fingerprint density at radius 1 is 1.33 bits per heavy atom. The van der Waals surface area contributed by atoms with Crippen LogP contribution in [0.5, 0.6) is 0 Å². The molecular weight excluding hydrogens is 299 g/mol. The van der Waals surface area contributed by atoms with Gasteiger partial charge in [-0.1, -0.05) is 11.6 Å². The third-order valence-electron chi connectivity index (χ3n) is 2.02. The van der Waals surface area contributed by atoms with Crippen molar-refractivity contribution in [1.29, 1.82) is 0 Å². The monoisotopic (exact) mass is 306 g/mol. The van der Waals surface area contributed by atoms with Crippen LogP contribution in [0.2, 0.25) is 10.4 Å². The summed E-state index contributed by atoms with van der Waals surface area (Å²) in [6.45, 7) is 0. The molecule has 0 fully saturated rings. The number of rotatable bonds is 3. The van der Waals surface area contributed by atoms with Gasteiger partial charge in [-0.2, -0.15) is 4.98 Å². The van der Waals surface area contributed by atoms with E-state index >= 15 is 0 Å². The van der Waals surface area contributed by atoms with Gasteiger partial charge in [0.1, 0.15) is 15.9 Å². The summed E-state index contributed by atoms with van der Waals surface area (Å²) in [5.41, 5.74) is 0. The van der Waals surface area contributed by atoms with Gasteiger partial charge in [0.15, 0.2) is 0 Å². The van der Waals surface area contributed by atoms with E-state index in [4.69, 9.17) is 23.2 Å². The molecule has 0 bridgehead atoms. The third-order valence-corrected chi connectivity index (χ3v) is 3.72. The number of aryl methyl sites for hydroxylation is 1. The number of halogens is 2. The second-order valence-corrected chi connectivity index (χ2v) is 5.87. The second-order valence-electron chi connectivity index (χ2n) is 3.46. The maximum atomic E-state index is 12.0. The maximum absolute atomic E-state index is 12.0. The van der Waals surface area contributed by atoms with Gasteiger partial charge in [-0.3, -0.25) is 4.72 Å². The Bertz CT molecular complexity index is 663. The molecule has 0 saturated heterocycles. The molecule has 9 heteroatoms. The first kappa shape index (κ1) is 13.1. The zero-order valence-corrected chi connectivity index (χ0v) is 11.5. The second kappa shape index (κ2) is 4.75. The van der Waals surface area contributed by atoms with Crippen LogP contribution in [0, 0.1) is 0 Å². The minimum absolute atomic E-state index is 0.0175. The summed E-state index contributed by atoms with van der Waals surface area (Å²) < 4.78 is 27.8. The maximum Gasteiger partial charge on any atom is 0.264 e. The van der Waals surface area contributed by atoms with Gasteiger partial charge < -0.3 is 4.57 Å². The highest BCUT2D eigenvalue weighted by Gasteiger charge is 2.16. The molecule has 0 unspecified atom stereocenters. The fourth-order valence-electron chi connectivity index (χ4n) is 1.28. The van der Waals surface area contributed by atoms with Crippen molar-refractivity contribution in [3.8, 4) is 0 Å². The molecule has 1 N–H and O–H groups in total. The van der Waals surface area contributed by atoms with Crippen molar-refractivity contribution in [2.75, 3.05) is 4.72 Å². The number of hydrogen-bond acceptors (Lipinski definition) is 4. The Kier molecular flexibility index (Phi) is 3.47. The summed E-state index contributed by atoms with van der Waals surface area (Å²) in [5, 5.41) is -0.0750. The standard InChI is InChI=1S/C9H8Cl2N4O2S/c1-15-3-2-6(5-15)18(16,17)14-8-4-7(10)12-9(11)13-8/h2-5H,1H3,(H,12,13,14). The van der Waals surface area contributed by atoms with Gasteiger partial charge in [0.25, 0.3) is 10.0 Å². The number of aromatic nitrogens is 3. The van der Waals surface area contributed by atoms with E-state index in [9.17, 15) is 8.42 Å². The van der Waals surface area contributed by atoms with Crippen LogP contribution >= 0.6 is 23.2 Å². The first-order valence-electron chi connectivity index (χ1n) is 4.72. The smallest absolute Gasteiger partial charge is 0.264 e. The molecule has 0 amide bonds. The summed E-state index contributed by atoms with van der Waals surface area (Å²) in [6, 6.07) is 2.74. The highest BCUT2D eigenvalue weighted by molar-refractivity contribution is 7.92. The van der Waals surface area contributed by atoms with Gasteiger partial charge in [-0.05, 0) is 17.7 Å². The lowest BCUT2D eigenvalue weighted by atomic mass is 10.6. The van der Waals surface area contributed by atoms with E-state index in [2.05, 4.69) is 14.7 Å². The zero-order chi connectivity index (χ0) is 13.3. The molecule has 6 nitrogen and oxygen atoms in total. The number of anilines is 1. The highest BCUT2D eigenvalue weighted by Crippen LogP contribution is 2.18. The molecule has 2 aromatic heterocycles. The van der Waals surface area contributed by atoms with E-state index < -0.39 is 10.0 Å². The van der Waals surface area contributed by atoms with Crippen molar-refractivity contribution in [3.05, 3.63) is 35.0 Å². The minimum Gasteiger partial charge on any atom is -0.356 e. The molecule has 0 spiro atoms. The van der Waals surface area contributed by atoms with Gasteiger partial charge in [0, 0.05) is 25.5 Å². The van der Waals surface area contributed by atoms with Crippen molar-refractivity contribution in [1.82, 2.24) is 14.5 Å². The third kappa shape index (κ3) is 2.92. The molecule has 0 radical (unpaired) electrons. The first-order valence-corrected chi connectivity index (χ1v) is 6.95. The van der Waals surface area contributed by atoms with Crippen LogP contribution in [0.1, 0.15) is 0 Å². The van der Waals surface area contributed by atoms with E-state index in [0.29, 0.717) is 0 Å². The van der Waals surface area contributed by atoms with Crippen molar-refractivity contribution < 1.29 is 8.42 Å². The van der Waals surface area contributed by atoms with Crippen LogP contribution in [0.3, 0.4) is 0 Å². The lowest BCUT2D eigenvalue weighted by molar-refractivity contribution is 0.601. The minimum atomic E-state index is -3.70. The summed E-state index contributed by atoms with van der Waals surface area (Å²) >= 11 is 11.2.